The van der Waals surface area contributed by atoms with Crippen LogP contribution < -0.4 is 20.7 Å². The lowest BCUT2D eigenvalue weighted by Gasteiger charge is -2.26. The first-order valence-corrected chi connectivity index (χ1v) is 11.0. The molecular weight excluding hydrogens is 396 g/mol. The molecule has 0 radical (unpaired) electrons. The van der Waals surface area contributed by atoms with Crippen LogP contribution in [-0.2, 0) is 10.8 Å². The van der Waals surface area contributed by atoms with E-state index >= 15 is 0 Å². The molecule has 0 amide bonds. The highest BCUT2D eigenvalue weighted by Gasteiger charge is 2.40. The molecule has 0 aliphatic carbocycles. The van der Waals surface area contributed by atoms with E-state index < -0.39 is 10.9 Å². The van der Waals surface area contributed by atoms with E-state index in [9.17, 15) is 9.59 Å². The van der Waals surface area contributed by atoms with Crippen LogP contribution in [0.15, 0.2) is 69.5 Å². The Hall–Kier alpha value is -3.40. The van der Waals surface area contributed by atoms with Crippen LogP contribution in [0.2, 0.25) is 0 Å². The molecule has 32 heavy (non-hydrogen) atoms. The van der Waals surface area contributed by atoms with Gasteiger partial charge in [0.25, 0.3) is 0 Å². The van der Waals surface area contributed by atoms with Crippen LogP contribution in [0, 0.1) is 0 Å². The number of rotatable bonds is 2. The van der Waals surface area contributed by atoms with E-state index in [-0.39, 0.29) is 10.8 Å². The maximum Gasteiger partial charge on any atom is 0.234 e. The summed E-state index contributed by atoms with van der Waals surface area (Å²) in [5, 5.41) is 0. The van der Waals surface area contributed by atoms with Crippen LogP contribution >= 0.6 is 0 Å². The molecule has 0 unspecified atom stereocenters. The predicted molar refractivity (Wildman–Crippen MR) is 133 cm³/mol. The van der Waals surface area contributed by atoms with Gasteiger partial charge in [-0.15, -0.1) is 0 Å². The quantitative estimate of drug-likeness (QED) is 0.553. The van der Waals surface area contributed by atoms with E-state index in [1.54, 1.807) is 0 Å². The second-order valence-corrected chi connectivity index (χ2v) is 9.95. The van der Waals surface area contributed by atoms with Gasteiger partial charge in [-0.05, 0) is 35.4 Å². The van der Waals surface area contributed by atoms with Crippen molar-refractivity contribution in [3.8, 4) is 0 Å². The molecule has 0 saturated heterocycles. The largest absolute Gasteiger partial charge is 0.347 e. The number of para-hydroxylation sites is 2. The van der Waals surface area contributed by atoms with E-state index in [0.717, 1.165) is 22.8 Å². The fourth-order valence-electron chi connectivity index (χ4n) is 5.50. The predicted octanol–water partition coefficient (Wildman–Crippen LogP) is 4.82. The zero-order valence-electron chi connectivity index (χ0n) is 19.5. The van der Waals surface area contributed by atoms with Crippen LogP contribution in [0.1, 0.15) is 49.9 Å². The first-order valence-electron chi connectivity index (χ1n) is 11.0. The van der Waals surface area contributed by atoms with Gasteiger partial charge in [0, 0.05) is 58.8 Å². The highest BCUT2D eigenvalue weighted by Crippen LogP contribution is 2.49. The van der Waals surface area contributed by atoms with Crippen molar-refractivity contribution < 1.29 is 0 Å². The molecule has 2 aliphatic rings. The summed E-state index contributed by atoms with van der Waals surface area (Å²) >= 11 is 0. The summed E-state index contributed by atoms with van der Waals surface area (Å²) in [7, 11) is 4.04. The Bertz CT molecular complexity index is 1290. The fourth-order valence-corrected chi connectivity index (χ4v) is 5.50. The zero-order chi connectivity index (χ0) is 23.0. The highest BCUT2D eigenvalue weighted by atomic mass is 16.2. The SMILES string of the molecule is CN1/C(=C\c2c(/C=C3\N(C)c4ccccc4C3(C)C)c(=O)c2=O)C(C)(C)c2ccccc21. The summed E-state index contributed by atoms with van der Waals surface area (Å²) in [6, 6.07) is 16.6. The Morgan fingerprint density at radius 1 is 0.625 bits per heavy atom. The number of hydrogen-bond donors (Lipinski definition) is 0. The Balaban J connectivity index is 1.63. The molecule has 0 spiro atoms. The van der Waals surface area contributed by atoms with Crippen LogP contribution in [0.25, 0.3) is 12.2 Å². The molecule has 5 rings (SSSR count). The van der Waals surface area contributed by atoms with Crippen molar-refractivity contribution in [3.05, 3.63) is 103 Å². The summed E-state index contributed by atoms with van der Waals surface area (Å²) in [4.78, 5) is 29.6. The normalized spacial score (nSPS) is 20.9. The number of allylic oxidation sites excluding steroid dienone is 2. The molecule has 0 N–H and O–H groups in total. The molecule has 0 atom stereocenters. The highest BCUT2D eigenvalue weighted by molar-refractivity contribution is 5.82. The van der Waals surface area contributed by atoms with E-state index in [1.807, 2.05) is 50.5 Å². The Labute approximate surface area is 188 Å². The van der Waals surface area contributed by atoms with Crippen molar-refractivity contribution in [1.29, 1.82) is 0 Å². The third-order valence-corrected chi connectivity index (χ3v) is 7.43. The van der Waals surface area contributed by atoms with E-state index in [0.29, 0.717) is 11.1 Å². The lowest BCUT2D eigenvalue weighted by Crippen LogP contribution is -2.38. The lowest BCUT2D eigenvalue weighted by atomic mass is 9.81. The number of benzene rings is 2. The molecule has 0 fully saturated rings. The molecule has 0 bridgehead atoms. The average Bonchev–Trinajstić information content (AvgIpc) is 3.09. The number of nitrogens with zero attached hydrogens (tertiary/aromatic N) is 2. The summed E-state index contributed by atoms with van der Waals surface area (Å²) in [5.74, 6) is 0. The molecule has 3 aromatic carbocycles. The van der Waals surface area contributed by atoms with Crippen molar-refractivity contribution in [2.75, 3.05) is 23.9 Å². The number of likely N-dealkylation sites (N-methyl/N-ethyl adjacent to an activating group) is 2. The first kappa shape index (κ1) is 20.5. The van der Waals surface area contributed by atoms with Crippen molar-refractivity contribution in [2.45, 2.75) is 38.5 Å². The van der Waals surface area contributed by atoms with Crippen LogP contribution in [-0.4, -0.2) is 14.1 Å². The maximum absolute atomic E-state index is 12.7. The second kappa shape index (κ2) is 6.55. The number of hydrogen-bond acceptors (Lipinski definition) is 4. The maximum atomic E-state index is 12.7. The fraction of sp³-hybridized carbons (Fsp3) is 0.286. The minimum atomic E-state index is -0.402. The van der Waals surface area contributed by atoms with Crippen molar-refractivity contribution in [1.82, 2.24) is 0 Å². The Kier molecular flexibility index (Phi) is 4.20. The molecule has 2 heterocycles. The molecule has 0 saturated carbocycles. The smallest absolute Gasteiger partial charge is 0.234 e. The second-order valence-electron chi connectivity index (χ2n) is 9.95. The molecule has 2 aliphatic heterocycles. The van der Waals surface area contributed by atoms with Gasteiger partial charge >= 0.3 is 0 Å². The van der Waals surface area contributed by atoms with Crippen LogP contribution in [0.3, 0.4) is 0 Å². The standard InChI is InChI=1S/C28H28N2O2/c1-27(2)19-11-7-9-13-21(19)29(5)23(27)15-17-18(26(32)25(17)31)16-24-28(3,4)20-12-8-10-14-22(20)30(24)6/h7-16H,1-6H3/b23-15-,24-16-. The van der Waals surface area contributed by atoms with Gasteiger partial charge in [-0.1, -0.05) is 64.1 Å². The summed E-state index contributed by atoms with van der Waals surface area (Å²) in [5.41, 5.74) is 6.45. The van der Waals surface area contributed by atoms with E-state index in [1.165, 1.54) is 11.1 Å². The van der Waals surface area contributed by atoms with E-state index in [4.69, 9.17) is 0 Å². The zero-order valence-corrected chi connectivity index (χ0v) is 19.5. The van der Waals surface area contributed by atoms with Gasteiger partial charge in [0.2, 0.25) is 10.9 Å². The summed E-state index contributed by atoms with van der Waals surface area (Å²) < 4.78 is 0. The molecule has 4 nitrogen and oxygen atoms in total. The van der Waals surface area contributed by atoms with Gasteiger partial charge in [0.05, 0.1) is 0 Å². The van der Waals surface area contributed by atoms with Gasteiger partial charge in [0.1, 0.15) is 0 Å². The molecule has 4 heteroatoms. The molecule has 162 valence electrons. The van der Waals surface area contributed by atoms with Gasteiger partial charge in [-0.3, -0.25) is 9.59 Å². The lowest BCUT2D eigenvalue weighted by molar-refractivity contribution is 0.644. The minimum absolute atomic E-state index is 0.255. The first-order chi connectivity index (χ1) is 15.1. The summed E-state index contributed by atoms with van der Waals surface area (Å²) in [6.45, 7) is 8.65. The van der Waals surface area contributed by atoms with E-state index in [2.05, 4.69) is 61.8 Å². The monoisotopic (exact) mass is 424 g/mol. The third kappa shape index (κ3) is 2.56. The molecular formula is C28H28N2O2. The number of anilines is 2. The van der Waals surface area contributed by atoms with Crippen molar-refractivity contribution >= 4 is 23.5 Å². The van der Waals surface area contributed by atoms with Crippen molar-refractivity contribution in [3.63, 3.8) is 0 Å². The Morgan fingerprint density at radius 2 is 0.969 bits per heavy atom. The minimum Gasteiger partial charge on any atom is -0.347 e. The van der Waals surface area contributed by atoms with Gasteiger partial charge in [-0.25, -0.2) is 0 Å². The topological polar surface area (TPSA) is 40.6 Å². The number of fused-ring (bicyclic) bond motifs is 2. The Morgan fingerprint density at radius 3 is 1.31 bits per heavy atom. The van der Waals surface area contributed by atoms with Crippen LogP contribution in [0.5, 0.6) is 0 Å². The van der Waals surface area contributed by atoms with Gasteiger partial charge in [-0.2, -0.15) is 0 Å². The third-order valence-electron chi connectivity index (χ3n) is 7.43. The van der Waals surface area contributed by atoms with Gasteiger partial charge < -0.3 is 9.80 Å². The van der Waals surface area contributed by atoms with Gasteiger partial charge in [0.15, 0.2) is 0 Å². The molecule has 3 aromatic rings. The summed E-state index contributed by atoms with van der Waals surface area (Å²) in [6.07, 6.45) is 3.84. The molecule has 0 aromatic heterocycles. The average molecular weight is 425 g/mol. The van der Waals surface area contributed by atoms with Crippen molar-refractivity contribution in [2.24, 2.45) is 0 Å². The van der Waals surface area contributed by atoms with Crippen LogP contribution in [0.4, 0.5) is 11.4 Å².